The van der Waals surface area contributed by atoms with Gasteiger partial charge in [-0.2, -0.15) is 5.26 Å². The molecule has 7 rings (SSSR count). The van der Waals surface area contributed by atoms with E-state index in [4.69, 9.17) is 15.0 Å². The van der Waals surface area contributed by atoms with E-state index in [1.54, 1.807) is 0 Å². The van der Waals surface area contributed by atoms with E-state index in [-0.39, 0.29) is 6.54 Å². The van der Waals surface area contributed by atoms with Gasteiger partial charge in [0.2, 0.25) is 0 Å². The van der Waals surface area contributed by atoms with Crippen LogP contribution in [-0.2, 0) is 26.6 Å². The van der Waals surface area contributed by atoms with Crippen molar-refractivity contribution >= 4 is 33.1 Å². The van der Waals surface area contributed by atoms with E-state index in [0.717, 1.165) is 85.7 Å². The number of hydrogen-bond donors (Lipinski definition) is 0. The lowest BCUT2D eigenvalue weighted by Crippen LogP contribution is -2.05. The topological polar surface area (TPSA) is 77.2 Å². The predicted octanol–water partition coefficient (Wildman–Crippen LogP) is 7.44. The van der Waals surface area contributed by atoms with Crippen molar-refractivity contribution in [3.8, 4) is 28.8 Å². The molecule has 3 aromatic heterocycles. The molecule has 0 amide bonds. The average Bonchev–Trinajstić information content (AvgIpc) is 3.66. The van der Waals surface area contributed by atoms with Crippen molar-refractivity contribution in [3.63, 3.8) is 0 Å². The molecule has 0 saturated carbocycles. The first-order valence-electron chi connectivity index (χ1n) is 14.4. The third kappa shape index (κ3) is 4.24. The lowest BCUT2D eigenvalue weighted by atomic mass is 10.1. The molecule has 0 radical (unpaired) electrons. The Balaban J connectivity index is 1.35. The van der Waals surface area contributed by atoms with Gasteiger partial charge >= 0.3 is 0 Å². The number of fused-ring (bicyclic) bond motifs is 3. The lowest BCUT2D eigenvalue weighted by molar-refractivity contribution is 0.722. The van der Waals surface area contributed by atoms with Crippen LogP contribution in [0.4, 0.5) is 0 Å². The van der Waals surface area contributed by atoms with Crippen LogP contribution in [-0.4, -0.2) is 28.7 Å². The van der Waals surface area contributed by atoms with E-state index in [2.05, 4.69) is 84.6 Å². The third-order valence-corrected chi connectivity index (χ3v) is 8.06. The second-order valence-corrected chi connectivity index (χ2v) is 10.9. The van der Waals surface area contributed by atoms with E-state index in [0.29, 0.717) is 6.54 Å². The molecule has 0 aliphatic carbocycles. The van der Waals surface area contributed by atoms with Crippen LogP contribution in [0.15, 0.2) is 84.9 Å². The summed E-state index contributed by atoms with van der Waals surface area (Å²) in [6.07, 6.45) is 1.91. The van der Waals surface area contributed by atoms with Crippen molar-refractivity contribution in [2.24, 2.45) is 7.05 Å². The number of rotatable bonds is 7. The summed E-state index contributed by atoms with van der Waals surface area (Å²) in [5, 5.41) is 9.55. The van der Waals surface area contributed by atoms with Crippen molar-refractivity contribution in [1.29, 1.82) is 5.26 Å². The molecular weight excluding hydrogens is 518 g/mol. The normalized spacial score (nSPS) is 11.6. The Kier molecular flexibility index (Phi) is 6.32. The van der Waals surface area contributed by atoms with Gasteiger partial charge in [-0.3, -0.25) is 0 Å². The van der Waals surface area contributed by atoms with Crippen molar-refractivity contribution in [2.75, 3.05) is 0 Å². The molecular formula is C35H31N7. The molecule has 7 nitrogen and oxygen atoms in total. The van der Waals surface area contributed by atoms with Crippen LogP contribution in [0, 0.1) is 18.3 Å². The Bertz CT molecular complexity index is 2140. The summed E-state index contributed by atoms with van der Waals surface area (Å²) in [7, 11) is 2.08. The molecule has 0 N–H and O–H groups in total. The van der Waals surface area contributed by atoms with Gasteiger partial charge in [-0.25, -0.2) is 15.0 Å². The summed E-state index contributed by atoms with van der Waals surface area (Å²) in [5.41, 5.74) is 10.5. The van der Waals surface area contributed by atoms with Gasteiger partial charge in [0.25, 0.3) is 0 Å². The minimum atomic E-state index is 0.247. The Morgan fingerprint density at radius 3 is 2.31 bits per heavy atom. The molecule has 0 atom stereocenters. The van der Waals surface area contributed by atoms with E-state index < -0.39 is 0 Å². The van der Waals surface area contributed by atoms with Gasteiger partial charge in [-0.15, -0.1) is 0 Å². The zero-order valence-corrected chi connectivity index (χ0v) is 24.0. The maximum absolute atomic E-state index is 9.55. The predicted molar refractivity (Wildman–Crippen MR) is 168 cm³/mol. The zero-order chi connectivity index (χ0) is 28.8. The molecule has 0 bridgehead atoms. The highest BCUT2D eigenvalue weighted by Gasteiger charge is 2.18. The fourth-order valence-electron chi connectivity index (χ4n) is 6.06. The van der Waals surface area contributed by atoms with Gasteiger partial charge in [0.05, 0.1) is 39.2 Å². The summed E-state index contributed by atoms with van der Waals surface area (Å²) in [6, 6.07) is 31.5. The maximum atomic E-state index is 9.55. The van der Waals surface area contributed by atoms with Crippen LogP contribution < -0.4 is 0 Å². The van der Waals surface area contributed by atoms with Gasteiger partial charge in [-0.05, 0) is 60.9 Å². The van der Waals surface area contributed by atoms with Crippen LogP contribution in [0.25, 0.3) is 55.9 Å². The highest BCUT2D eigenvalue weighted by molar-refractivity contribution is 5.87. The lowest BCUT2D eigenvalue weighted by Gasteiger charge is -2.11. The number of nitriles is 1. The molecule has 0 saturated heterocycles. The standard InChI is InChI=1S/C35H31N7/c1-4-10-32-39-33-23(2)19-26(34-37-27-13-8-9-14-29(27)40(34)3)21-31(33)42(32)22-24-15-16-30-28(20-24)38-35(41(30)18-17-36)25-11-6-5-7-12-25/h5-9,11-16,19-21H,4,10,18,22H2,1-3H3. The van der Waals surface area contributed by atoms with Crippen molar-refractivity contribution in [1.82, 2.24) is 28.7 Å². The van der Waals surface area contributed by atoms with Crippen molar-refractivity contribution in [3.05, 3.63) is 102 Å². The van der Waals surface area contributed by atoms with Crippen LogP contribution >= 0.6 is 0 Å². The first-order chi connectivity index (χ1) is 20.6. The Morgan fingerprint density at radius 2 is 1.52 bits per heavy atom. The highest BCUT2D eigenvalue weighted by atomic mass is 15.1. The number of aryl methyl sites for hydroxylation is 3. The van der Waals surface area contributed by atoms with E-state index in [1.165, 1.54) is 0 Å². The molecule has 206 valence electrons. The van der Waals surface area contributed by atoms with Crippen LogP contribution in [0.3, 0.4) is 0 Å². The van der Waals surface area contributed by atoms with E-state index in [1.807, 2.05) is 41.0 Å². The van der Waals surface area contributed by atoms with Crippen LogP contribution in [0.2, 0.25) is 0 Å². The van der Waals surface area contributed by atoms with Crippen LogP contribution in [0.1, 0.15) is 30.3 Å². The molecule has 4 aromatic carbocycles. The van der Waals surface area contributed by atoms with Gasteiger partial charge < -0.3 is 13.7 Å². The fourth-order valence-corrected chi connectivity index (χ4v) is 6.06. The quantitative estimate of drug-likeness (QED) is 0.207. The monoisotopic (exact) mass is 549 g/mol. The largest absolute Gasteiger partial charge is 0.327 e. The molecule has 7 aromatic rings. The molecule has 0 spiro atoms. The number of hydrogen-bond acceptors (Lipinski definition) is 4. The first-order valence-corrected chi connectivity index (χ1v) is 14.4. The zero-order valence-electron chi connectivity index (χ0n) is 24.0. The number of imidazole rings is 3. The van der Waals surface area contributed by atoms with Gasteiger partial charge in [-0.1, -0.05) is 55.5 Å². The van der Waals surface area contributed by atoms with Crippen molar-refractivity contribution < 1.29 is 0 Å². The second kappa shape index (κ2) is 10.3. The number of benzene rings is 4. The first kappa shape index (κ1) is 25.7. The van der Waals surface area contributed by atoms with Crippen LogP contribution in [0.5, 0.6) is 0 Å². The van der Waals surface area contributed by atoms with E-state index >= 15 is 0 Å². The fraction of sp³-hybridized carbons (Fsp3) is 0.200. The summed E-state index contributed by atoms with van der Waals surface area (Å²) in [5.74, 6) is 2.84. The Hall–Kier alpha value is -5.22. The number of para-hydroxylation sites is 2. The molecule has 3 heterocycles. The summed E-state index contributed by atoms with van der Waals surface area (Å²) in [6.45, 7) is 5.26. The molecule has 0 aliphatic heterocycles. The number of nitrogens with zero attached hydrogens (tertiary/aromatic N) is 7. The van der Waals surface area contributed by atoms with Gasteiger partial charge in [0.1, 0.15) is 24.0 Å². The number of aromatic nitrogens is 6. The summed E-state index contributed by atoms with van der Waals surface area (Å²) < 4.78 is 6.51. The van der Waals surface area contributed by atoms with Gasteiger partial charge in [0.15, 0.2) is 0 Å². The molecule has 42 heavy (non-hydrogen) atoms. The highest BCUT2D eigenvalue weighted by Crippen LogP contribution is 2.31. The molecule has 7 heteroatoms. The minimum Gasteiger partial charge on any atom is -0.327 e. The third-order valence-electron chi connectivity index (χ3n) is 8.06. The van der Waals surface area contributed by atoms with E-state index in [9.17, 15) is 5.26 Å². The van der Waals surface area contributed by atoms with Gasteiger partial charge in [0, 0.05) is 31.1 Å². The van der Waals surface area contributed by atoms with Crippen molar-refractivity contribution in [2.45, 2.75) is 39.8 Å². The summed E-state index contributed by atoms with van der Waals surface area (Å²) in [4.78, 5) is 15.1. The Morgan fingerprint density at radius 1 is 0.738 bits per heavy atom. The molecule has 0 unspecified atom stereocenters. The smallest absolute Gasteiger partial charge is 0.142 e. The maximum Gasteiger partial charge on any atom is 0.142 e. The second-order valence-electron chi connectivity index (χ2n) is 10.9. The minimum absolute atomic E-state index is 0.247. The molecule has 0 fully saturated rings. The molecule has 0 aliphatic rings. The Labute approximate surface area is 244 Å². The average molecular weight is 550 g/mol. The summed E-state index contributed by atoms with van der Waals surface area (Å²) >= 11 is 0. The SMILES string of the molecule is CCCc1nc2c(C)cc(-c3nc4ccccc4n3C)cc2n1Cc1ccc2c(c1)nc(-c1ccccc1)n2CC#N.